The van der Waals surface area contributed by atoms with E-state index < -0.39 is 0 Å². The highest BCUT2D eigenvalue weighted by Gasteiger charge is 2.00. The molecule has 2 rings (SSSR count). The van der Waals surface area contributed by atoms with Crippen molar-refractivity contribution < 1.29 is 9.63 Å². The third kappa shape index (κ3) is 5.97. The van der Waals surface area contributed by atoms with Gasteiger partial charge in [0.05, 0.1) is 6.21 Å². The maximum atomic E-state index is 11.6. The molecule has 22 heavy (non-hydrogen) atoms. The first-order chi connectivity index (χ1) is 10.7. The number of oxime groups is 1. The van der Waals surface area contributed by atoms with Crippen LogP contribution in [0.15, 0.2) is 59.8 Å². The fraction of sp³-hybridized carbons (Fsp3) is 0.176. The number of hydrogen-bond donors (Lipinski definition) is 1. The van der Waals surface area contributed by atoms with Crippen LogP contribution in [-0.4, -0.2) is 25.3 Å². The van der Waals surface area contributed by atoms with Crippen LogP contribution in [-0.2, 0) is 16.1 Å². The van der Waals surface area contributed by atoms with Gasteiger partial charge in [0.15, 0.2) is 6.61 Å². The summed E-state index contributed by atoms with van der Waals surface area (Å²) in [4.78, 5) is 16.5. The molecule has 0 atom stereocenters. The van der Waals surface area contributed by atoms with Gasteiger partial charge in [-0.15, -0.1) is 0 Å². The Bertz CT molecular complexity index is 612. The van der Waals surface area contributed by atoms with Gasteiger partial charge in [-0.1, -0.05) is 59.2 Å². The van der Waals surface area contributed by atoms with Gasteiger partial charge >= 0.3 is 0 Å². The Morgan fingerprint density at radius 1 is 1.14 bits per heavy atom. The van der Waals surface area contributed by atoms with E-state index in [1.165, 1.54) is 11.8 Å². The van der Waals surface area contributed by atoms with Crippen LogP contribution in [0.4, 0.5) is 0 Å². The molecule has 0 saturated carbocycles. The molecule has 0 saturated heterocycles. The zero-order chi connectivity index (χ0) is 15.6. The number of hydrogen-bond acceptors (Lipinski definition) is 3. The highest BCUT2D eigenvalue weighted by molar-refractivity contribution is 6.30. The molecule has 0 aliphatic carbocycles. The molecule has 1 N–H and O–H groups in total. The molecule has 0 aliphatic heterocycles. The molecule has 1 amide bonds. The lowest BCUT2D eigenvalue weighted by Crippen LogP contribution is -2.28. The van der Waals surface area contributed by atoms with Crippen molar-refractivity contribution in [3.8, 4) is 0 Å². The first-order valence-electron chi connectivity index (χ1n) is 6.95. The normalized spacial score (nSPS) is 10.6. The molecule has 114 valence electrons. The number of carbonyl (C=O) groups excluding carboxylic acids is 1. The van der Waals surface area contributed by atoms with Gasteiger partial charge in [0.1, 0.15) is 0 Å². The van der Waals surface area contributed by atoms with Crippen molar-refractivity contribution in [3.63, 3.8) is 0 Å². The summed E-state index contributed by atoms with van der Waals surface area (Å²) in [6, 6.07) is 17.1. The lowest BCUT2D eigenvalue weighted by atomic mass is 10.1. The summed E-state index contributed by atoms with van der Waals surface area (Å²) < 4.78 is 0. The summed E-state index contributed by atoms with van der Waals surface area (Å²) in [5.74, 6) is -0.191. The van der Waals surface area contributed by atoms with Crippen molar-refractivity contribution in [1.29, 1.82) is 0 Å². The number of nitrogens with zero attached hydrogens (tertiary/aromatic N) is 1. The minimum absolute atomic E-state index is 0.0983. The van der Waals surface area contributed by atoms with Crippen LogP contribution in [0.2, 0.25) is 5.02 Å². The smallest absolute Gasteiger partial charge is 0.260 e. The SMILES string of the molecule is O=C(CO/N=C/c1ccc(Cl)cc1)NCCc1ccccc1. The van der Waals surface area contributed by atoms with Crippen molar-refractivity contribution in [3.05, 3.63) is 70.7 Å². The second-order valence-electron chi connectivity index (χ2n) is 4.65. The Morgan fingerprint density at radius 3 is 2.59 bits per heavy atom. The third-order valence-corrected chi connectivity index (χ3v) is 3.17. The van der Waals surface area contributed by atoms with Crippen LogP contribution in [0.5, 0.6) is 0 Å². The first-order valence-corrected chi connectivity index (χ1v) is 7.33. The van der Waals surface area contributed by atoms with Gasteiger partial charge < -0.3 is 10.2 Å². The van der Waals surface area contributed by atoms with Gasteiger partial charge in [0, 0.05) is 11.6 Å². The number of halogens is 1. The Balaban J connectivity index is 1.62. The van der Waals surface area contributed by atoms with Crippen LogP contribution >= 0.6 is 11.6 Å². The number of nitrogens with one attached hydrogen (secondary N) is 1. The second-order valence-corrected chi connectivity index (χ2v) is 5.08. The Morgan fingerprint density at radius 2 is 1.86 bits per heavy atom. The summed E-state index contributed by atoms with van der Waals surface area (Å²) in [6.07, 6.45) is 2.33. The average molecular weight is 317 g/mol. The van der Waals surface area contributed by atoms with Crippen LogP contribution in [0, 0.1) is 0 Å². The Labute approximate surface area is 134 Å². The number of rotatable bonds is 7. The quantitative estimate of drug-likeness (QED) is 0.630. The van der Waals surface area contributed by atoms with E-state index in [-0.39, 0.29) is 12.5 Å². The monoisotopic (exact) mass is 316 g/mol. The molecule has 5 heteroatoms. The highest BCUT2D eigenvalue weighted by Crippen LogP contribution is 2.07. The Kier molecular flexibility index (Phi) is 6.45. The minimum atomic E-state index is -0.191. The minimum Gasteiger partial charge on any atom is -0.386 e. The molecule has 0 aromatic heterocycles. The summed E-state index contributed by atoms with van der Waals surface area (Å²) in [5.41, 5.74) is 2.04. The largest absolute Gasteiger partial charge is 0.386 e. The maximum absolute atomic E-state index is 11.6. The molecular formula is C17H17ClN2O2. The van der Waals surface area contributed by atoms with E-state index in [0.29, 0.717) is 11.6 Å². The molecule has 4 nitrogen and oxygen atoms in total. The zero-order valence-corrected chi connectivity index (χ0v) is 12.8. The molecule has 0 unspecified atom stereocenters. The number of benzene rings is 2. The van der Waals surface area contributed by atoms with Crippen molar-refractivity contribution >= 4 is 23.7 Å². The van der Waals surface area contributed by atoms with E-state index in [1.807, 2.05) is 42.5 Å². The fourth-order valence-corrected chi connectivity index (χ4v) is 1.91. The van der Waals surface area contributed by atoms with Gasteiger partial charge in [-0.2, -0.15) is 0 Å². The van der Waals surface area contributed by atoms with Crippen LogP contribution < -0.4 is 5.32 Å². The van der Waals surface area contributed by atoms with Crippen molar-refractivity contribution in [1.82, 2.24) is 5.32 Å². The first kappa shape index (κ1) is 16.0. The van der Waals surface area contributed by atoms with Gasteiger partial charge in [0.25, 0.3) is 5.91 Å². The second kappa shape index (κ2) is 8.85. The lowest BCUT2D eigenvalue weighted by Gasteiger charge is -2.04. The fourth-order valence-electron chi connectivity index (χ4n) is 1.78. The molecule has 2 aromatic rings. The molecule has 0 bridgehead atoms. The summed E-state index contributed by atoms with van der Waals surface area (Å²) in [5, 5.41) is 7.19. The van der Waals surface area contributed by atoms with E-state index in [4.69, 9.17) is 16.4 Å². The van der Waals surface area contributed by atoms with E-state index in [2.05, 4.69) is 10.5 Å². The van der Waals surface area contributed by atoms with Crippen molar-refractivity contribution in [2.75, 3.05) is 13.2 Å². The molecule has 0 spiro atoms. The summed E-state index contributed by atoms with van der Waals surface area (Å²) in [7, 11) is 0. The van der Waals surface area contributed by atoms with E-state index in [1.54, 1.807) is 12.1 Å². The van der Waals surface area contributed by atoms with Crippen molar-refractivity contribution in [2.45, 2.75) is 6.42 Å². The molecule has 0 fully saturated rings. The van der Waals surface area contributed by atoms with E-state index >= 15 is 0 Å². The number of carbonyl (C=O) groups is 1. The summed E-state index contributed by atoms with van der Waals surface area (Å²) in [6.45, 7) is 0.478. The summed E-state index contributed by atoms with van der Waals surface area (Å²) >= 11 is 5.78. The molecule has 2 aromatic carbocycles. The topological polar surface area (TPSA) is 50.7 Å². The number of amides is 1. The third-order valence-electron chi connectivity index (χ3n) is 2.92. The van der Waals surface area contributed by atoms with E-state index in [0.717, 1.165) is 12.0 Å². The lowest BCUT2D eigenvalue weighted by molar-refractivity contribution is -0.125. The molecule has 0 aliphatic rings. The van der Waals surface area contributed by atoms with Gasteiger partial charge in [-0.05, 0) is 29.7 Å². The predicted molar refractivity (Wildman–Crippen MR) is 88.2 cm³/mol. The zero-order valence-electron chi connectivity index (χ0n) is 12.0. The standard InChI is InChI=1S/C17H17ClN2O2/c18-16-8-6-15(7-9-16)12-20-22-13-17(21)19-11-10-14-4-2-1-3-5-14/h1-9,12H,10-11,13H2,(H,19,21)/b20-12+. The maximum Gasteiger partial charge on any atom is 0.260 e. The van der Waals surface area contributed by atoms with Gasteiger partial charge in [0.2, 0.25) is 0 Å². The van der Waals surface area contributed by atoms with Gasteiger partial charge in [-0.3, -0.25) is 4.79 Å². The Hall–Kier alpha value is -2.33. The molecular weight excluding hydrogens is 300 g/mol. The van der Waals surface area contributed by atoms with Crippen molar-refractivity contribution in [2.24, 2.45) is 5.16 Å². The van der Waals surface area contributed by atoms with Crippen LogP contribution in [0.3, 0.4) is 0 Å². The average Bonchev–Trinajstić information content (AvgIpc) is 2.54. The van der Waals surface area contributed by atoms with Crippen LogP contribution in [0.25, 0.3) is 0 Å². The van der Waals surface area contributed by atoms with E-state index in [9.17, 15) is 4.79 Å². The van der Waals surface area contributed by atoms with Crippen LogP contribution in [0.1, 0.15) is 11.1 Å². The molecule has 0 radical (unpaired) electrons. The molecule has 0 heterocycles. The van der Waals surface area contributed by atoms with Gasteiger partial charge in [-0.25, -0.2) is 0 Å². The predicted octanol–water partition coefficient (Wildman–Crippen LogP) is 3.05. The highest BCUT2D eigenvalue weighted by atomic mass is 35.5.